The Kier molecular flexibility index (Phi) is 5.57. The molecule has 0 amide bonds. The van der Waals surface area contributed by atoms with Gasteiger partial charge in [-0.05, 0) is 12.1 Å². The number of aromatic nitrogens is 2. The first-order valence-electron chi connectivity index (χ1n) is 6.20. The van der Waals surface area contributed by atoms with Crippen molar-refractivity contribution in [2.24, 2.45) is 0 Å². The topological polar surface area (TPSA) is 60.2 Å². The van der Waals surface area contributed by atoms with Crippen molar-refractivity contribution in [3.05, 3.63) is 36.2 Å². The normalized spacial score (nSPS) is 11.2. The average Bonchev–Trinajstić information content (AvgIpc) is 2.92. The predicted molar refractivity (Wildman–Crippen MR) is 68.3 cm³/mol. The molecule has 7 heteroatoms. The number of nitrogens with zero attached hydrogens (tertiary/aromatic N) is 2. The van der Waals surface area contributed by atoms with Gasteiger partial charge in [0.05, 0.1) is 13.2 Å². The second kappa shape index (κ2) is 7.66. The van der Waals surface area contributed by atoms with E-state index in [1.807, 2.05) is 30.3 Å². The first-order valence-corrected chi connectivity index (χ1v) is 6.20. The van der Waals surface area contributed by atoms with Gasteiger partial charge in [0.1, 0.15) is 6.61 Å². The Morgan fingerprint density at radius 1 is 1.20 bits per heavy atom. The summed E-state index contributed by atoms with van der Waals surface area (Å²) >= 11 is 0. The molecule has 0 saturated heterocycles. The lowest BCUT2D eigenvalue weighted by Gasteiger charge is -2.03. The molecule has 5 nitrogen and oxygen atoms in total. The molecule has 2 aromatic rings. The fourth-order valence-electron chi connectivity index (χ4n) is 1.53. The Balaban J connectivity index is 1.71. The van der Waals surface area contributed by atoms with Crippen LogP contribution < -0.4 is 5.32 Å². The average molecular weight is 283 g/mol. The minimum absolute atomic E-state index is 0.212. The van der Waals surface area contributed by atoms with E-state index in [1.165, 1.54) is 0 Å². The molecule has 0 fully saturated rings. The van der Waals surface area contributed by atoms with Crippen LogP contribution in [0.1, 0.15) is 5.89 Å². The minimum Gasteiger partial charge on any atom is -0.419 e. The smallest absolute Gasteiger partial charge is 0.261 e. The largest absolute Gasteiger partial charge is 0.419 e. The highest BCUT2D eigenvalue weighted by molar-refractivity contribution is 5.51. The molecular weight excluding hydrogens is 268 g/mol. The maximum Gasteiger partial charge on any atom is 0.261 e. The van der Waals surface area contributed by atoms with Crippen molar-refractivity contribution in [3.8, 4) is 11.5 Å². The predicted octanol–water partition coefficient (Wildman–Crippen LogP) is 2.11. The standard InChI is InChI=1S/C13H15F2N3O2/c14-11(15)9-19-7-6-16-8-12-17-18-13(20-12)10-4-2-1-3-5-10/h1-5,11,16H,6-9H2. The van der Waals surface area contributed by atoms with Crippen molar-refractivity contribution in [3.63, 3.8) is 0 Å². The van der Waals surface area contributed by atoms with Crippen LogP contribution in [-0.2, 0) is 11.3 Å². The van der Waals surface area contributed by atoms with Gasteiger partial charge in [0.2, 0.25) is 11.8 Å². The molecule has 0 radical (unpaired) electrons. The Bertz CT molecular complexity index is 505. The third kappa shape index (κ3) is 4.67. The molecule has 108 valence electrons. The lowest BCUT2D eigenvalue weighted by Crippen LogP contribution is -2.20. The first-order chi connectivity index (χ1) is 9.75. The Hall–Kier alpha value is -1.86. The summed E-state index contributed by atoms with van der Waals surface area (Å²) in [6.45, 7) is 0.484. The van der Waals surface area contributed by atoms with Crippen LogP contribution in [0.5, 0.6) is 0 Å². The van der Waals surface area contributed by atoms with Crippen LogP contribution in [0, 0.1) is 0 Å². The Labute approximate surface area is 115 Å². The number of benzene rings is 1. The van der Waals surface area contributed by atoms with Crippen molar-refractivity contribution in [1.82, 2.24) is 15.5 Å². The zero-order chi connectivity index (χ0) is 14.2. The number of halogens is 2. The lowest BCUT2D eigenvalue weighted by molar-refractivity contribution is 0.0186. The highest BCUT2D eigenvalue weighted by Gasteiger charge is 2.07. The summed E-state index contributed by atoms with van der Waals surface area (Å²) in [5.74, 6) is 0.897. The van der Waals surface area contributed by atoms with E-state index in [4.69, 9.17) is 9.15 Å². The van der Waals surface area contributed by atoms with Gasteiger partial charge in [-0.1, -0.05) is 18.2 Å². The zero-order valence-corrected chi connectivity index (χ0v) is 10.8. The molecule has 1 aromatic carbocycles. The number of rotatable bonds is 8. The van der Waals surface area contributed by atoms with Gasteiger partial charge < -0.3 is 14.5 Å². The van der Waals surface area contributed by atoms with Gasteiger partial charge in [-0.2, -0.15) is 0 Å². The van der Waals surface area contributed by atoms with E-state index in [1.54, 1.807) is 0 Å². The van der Waals surface area contributed by atoms with Gasteiger partial charge in [-0.3, -0.25) is 0 Å². The van der Waals surface area contributed by atoms with Crippen LogP contribution in [-0.4, -0.2) is 36.4 Å². The van der Waals surface area contributed by atoms with Gasteiger partial charge in [0.15, 0.2) is 0 Å². The molecule has 0 atom stereocenters. The summed E-state index contributed by atoms with van der Waals surface area (Å²) in [6.07, 6.45) is -2.43. The fraction of sp³-hybridized carbons (Fsp3) is 0.385. The highest BCUT2D eigenvalue weighted by atomic mass is 19.3. The number of nitrogens with one attached hydrogen (secondary N) is 1. The maximum atomic E-state index is 11.8. The van der Waals surface area contributed by atoms with E-state index in [2.05, 4.69) is 15.5 Å². The van der Waals surface area contributed by atoms with Crippen molar-refractivity contribution < 1.29 is 17.9 Å². The molecular formula is C13H15F2N3O2. The molecule has 0 spiro atoms. The molecule has 1 heterocycles. The van der Waals surface area contributed by atoms with Crippen LogP contribution in [0.3, 0.4) is 0 Å². The summed E-state index contributed by atoms with van der Waals surface area (Å²) in [5.41, 5.74) is 0.853. The van der Waals surface area contributed by atoms with E-state index < -0.39 is 13.0 Å². The first kappa shape index (κ1) is 14.5. The van der Waals surface area contributed by atoms with Crippen molar-refractivity contribution in [2.75, 3.05) is 19.8 Å². The van der Waals surface area contributed by atoms with Gasteiger partial charge in [-0.15, -0.1) is 10.2 Å². The third-order valence-electron chi connectivity index (χ3n) is 2.43. The molecule has 0 unspecified atom stereocenters. The van der Waals surface area contributed by atoms with Crippen molar-refractivity contribution in [2.45, 2.75) is 13.0 Å². The second-order valence-corrected chi connectivity index (χ2v) is 4.01. The fourth-order valence-corrected chi connectivity index (χ4v) is 1.53. The van der Waals surface area contributed by atoms with Gasteiger partial charge >= 0.3 is 0 Å². The number of hydrogen-bond acceptors (Lipinski definition) is 5. The SMILES string of the molecule is FC(F)COCCNCc1nnc(-c2ccccc2)o1. The van der Waals surface area contributed by atoms with E-state index in [9.17, 15) is 8.78 Å². The third-order valence-corrected chi connectivity index (χ3v) is 2.43. The van der Waals surface area contributed by atoms with E-state index in [0.29, 0.717) is 24.9 Å². The van der Waals surface area contributed by atoms with Gasteiger partial charge in [-0.25, -0.2) is 8.78 Å². The summed E-state index contributed by atoms with van der Waals surface area (Å²) in [5, 5.41) is 10.8. The molecule has 20 heavy (non-hydrogen) atoms. The van der Waals surface area contributed by atoms with E-state index >= 15 is 0 Å². The quantitative estimate of drug-likeness (QED) is 0.752. The number of hydrogen-bond donors (Lipinski definition) is 1. The monoisotopic (exact) mass is 283 g/mol. The molecule has 0 aliphatic rings. The highest BCUT2D eigenvalue weighted by Crippen LogP contribution is 2.16. The van der Waals surface area contributed by atoms with Crippen LogP contribution in [0.4, 0.5) is 8.78 Å². The van der Waals surface area contributed by atoms with Crippen LogP contribution in [0.2, 0.25) is 0 Å². The number of alkyl halides is 2. The van der Waals surface area contributed by atoms with E-state index in [0.717, 1.165) is 5.56 Å². The van der Waals surface area contributed by atoms with Crippen LogP contribution in [0.15, 0.2) is 34.7 Å². The van der Waals surface area contributed by atoms with Crippen LogP contribution in [0.25, 0.3) is 11.5 Å². The van der Waals surface area contributed by atoms with Crippen LogP contribution >= 0.6 is 0 Å². The van der Waals surface area contributed by atoms with E-state index in [-0.39, 0.29) is 6.61 Å². The maximum absolute atomic E-state index is 11.8. The summed E-state index contributed by atoms with van der Waals surface area (Å²) in [6, 6.07) is 9.43. The second-order valence-electron chi connectivity index (χ2n) is 4.01. The van der Waals surface area contributed by atoms with Gasteiger partial charge in [0.25, 0.3) is 6.43 Å². The Morgan fingerprint density at radius 3 is 2.75 bits per heavy atom. The molecule has 2 rings (SSSR count). The van der Waals surface area contributed by atoms with Crippen molar-refractivity contribution in [1.29, 1.82) is 0 Å². The molecule has 0 saturated carbocycles. The lowest BCUT2D eigenvalue weighted by atomic mass is 10.2. The molecule has 1 aromatic heterocycles. The number of ether oxygens (including phenoxy) is 1. The zero-order valence-electron chi connectivity index (χ0n) is 10.8. The Morgan fingerprint density at radius 2 is 2.00 bits per heavy atom. The molecule has 0 aliphatic carbocycles. The minimum atomic E-state index is -2.43. The molecule has 0 bridgehead atoms. The van der Waals surface area contributed by atoms with Gasteiger partial charge in [0, 0.05) is 12.1 Å². The summed E-state index contributed by atoms with van der Waals surface area (Å²) in [7, 11) is 0. The summed E-state index contributed by atoms with van der Waals surface area (Å²) < 4.78 is 33.8. The van der Waals surface area contributed by atoms with Crippen molar-refractivity contribution >= 4 is 0 Å². The summed E-state index contributed by atoms with van der Waals surface area (Å²) in [4.78, 5) is 0. The molecule has 0 aliphatic heterocycles. The molecule has 1 N–H and O–H groups in total.